The van der Waals surface area contributed by atoms with Crippen LogP contribution in [0.15, 0.2) is 97.2 Å². The molecular weight excluding hydrogens is 570 g/mol. The molecule has 0 saturated carbocycles. The topological polar surface area (TPSA) is 93.9 Å². The molecule has 1 saturated heterocycles. The lowest BCUT2D eigenvalue weighted by molar-refractivity contribution is -0.157. The second kappa shape index (κ2) is 15.9. The van der Waals surface area contributed by atoms with Gasteiger partial charge >= 0.3 is 5.97 Å². The smallest absolute Gasteiger partial charge is 0.313 e. The maximum absolute atomic E-state index is 12.2. The minimum Gasteiger partial charge on any atom is -0.442 e. The van der Waals surface area contributed by atoms with Gasteiger partial charge in [-0.15, -0.1) is 5.10 Å². The number of carbonyl (C=O) groups excluding carboxylic acids is 1. The highest BCUT2D eigenvalue weighted by Crippen LogP contribution is 2.31. The number of rotatable bonds is 15. The summed E-state index contributed by atoms with van der Waals surface area (Å²) in [6.45, 7) is 7.18. The van der Waals surface area contributed by atoms with Crippen molar-refractivity contribution in [3.63, 3.8) is 0 Å². The molecule has 1 aliphatic heterocycles. The van der Waals surface area contributed by atoms with E-state index >= 15 is 0 Å². The van der Waals surface area contributed by atoms with Crippen LogP contribution < -0.4 is 0 Å². The van der Waals surface area contributed by atoms with Crippen LogP contribution in [0.3, 0.4) is 0 Å². The molecule has 9 heteroatoms. The average Bonchev–Trinajstić information content (AvgIpc) is 3.65. The fraction of sp³-hybridized carbons (Fsp3) is 0.417. The van der Waals surface area contributed by atoms with Crippen molar-refractivity contribution in [3.05, 3.63) is 120 Å². The second-order valence-corrected chi connectivity index (χ2v) is 12.3. The van der Waals surface area contributed by atoms with Crippen molar-refractivity contribution >= 4 is 5.97 Å². The van der Waals surface area contributed by atoms with Gasteiger partial charge in [0.05, 0.1) is 49.8 Å². The van der Waals surface area contributed by atoms with Crippen LogP contribution in [0.4, 0.5) is 0 Å². The fourth-order valence-corrected chi connectivity index (χ4v) is 5.12. The summed E-state index contributed by atoms with van der Waals surface area (Å²) in [5.74, 6) is -0.292. The minimum absolute atomic E-state index is 0.0159. The normalized spacial score (nSPS) is 19.9. The Morgan fingerprint density at radius 1 is 0.778 bits per heavy atom. The van der Waals surface area contributed by atoms with E-state index in [1.54, 1.807) is 6.20 Å². The number of carbonyl (C=O) groups is 1. The van der Waals surface area contributed by atoms with Crippen LogP contribution in [0.1, 0.15) is 49.6 Å². The Morgan fingerprint density at radius 2 is 1.31 bits per heavy atom. The number of aromatic nitrogens is 3. The quantitative estimate of drug-likeness (QED) is 0.153. The van der Waals surface area contributed by atoms with Gasteiger partial charge in [0.25, 0.3) is 0 Å². The molecular formula is C36H43N3O6. The van der Waals surface area contributed by atoms with E-state index in [0.717, 1.165) is 22.4 Å². The Kier molecular flexibility index (Phi) is 11.5. The number of esters is 1. The summed E-state index contributed by atoms with van der Waals surface area (Å²) in [7, 11) is 0. The Labute approximate surface area is 265 Å². The van der Waals surface area contributed by atoms with Crippen molar-refractivity contribution in [2.24, 2.45) is 5.41 Å². The van der Waals surface area contributed by atoms with E-state index in [-0.39, 0.29) is 37.1 Å². The van der Waals surface area contributed by atoms with Crippen molar-refractivity contribution in [3.8, 4) is 0 Å². The fourth-order valence-electron chi connectivity index (χ4n) is 5.12. The van der Waals surface area contributed by atoms with Crippen molar-refractivity contribution in [2.45, 2.75) is 84.6 Å². The molecule has 45 heavy (non-hydrogen) atoms. The van der Waals surface area contributed by atoms with Gasteiger partial charge < -0.3 is 23.7 Å². The first-order chi connectivity index (χ1) is 21.8. The average molecular weight is 614 g/mol. The first-order valence-electron chi connectivity index (χ1n) is 15.5. The van der Waals surface area contributed by atoms with E-state index in [9.17, 15) is 4.79 Å². The Morgan fingerprint density at radius 3 is 1.87 bits per heavy atom. The highest BCUT2D eigenvalue weighted by Gasteiger charge is 2.46. The van der Waals surface area contributed by atoms with E-state index in [1.807, 2.05) is 87.5 Å². The first-order valence-corrected chi connectivity index (χ1v) is 15.5. The first kappa shape index (κ1) is 32.5. The Hall–Kier alpha value is -3.89. The van der Waals surface area contributed by atoms with Gasteiger partial charge in [0.15, 0.2) is 6.73 Å². The van der Waals surface area contributed by atoms with E-state index in [1.165, 1.54) is 4.68 Å². The molecule has 1 fully saturated rings. The molecule has 4 atom stereocenters. The van der Waals surface area contributed by atoms with Crippen molar-refractivity contribution in [1.29, 1.82) is 0 Å². The Balaban J connectivity index is 1.28. The lowest BCUT2D eigenvalue weighted by atomic mass is 9.98. The van der Waals surface area contributed by atoms with Crippen molar-refractivity contribution in [1.82, 2.24) is 15.0 Å². The predicted octanol–water partition coefficient (Wildman–Crippen LogP) is 5.91. The predicted molar refractivity (Wildman–Crippen MR) is 169 cm³/mol. The summed E-state index contributed by atoms with van der Waals surface area (Å²) in [6, 6.07) is 30.3. The third-order valence-corrected chi connectivity index (χ3v) is 7.58. The van der Waals surface area contributed by atoms with E-state index in [0.29, 0.717) is 39.3 Å². The van der Waals surface area contributed by atoms with Crippen LogP contribution in [-0.2, 0) is 61.5 Å². The monoisotopic (exact) mass is 613 g/mol. The van der Waals surface area contributed by atoms with Gasteiger partial charge in [-0.25, -0.2) is 4.68 Å². The number of hydrogen-bond acceptors (Lipinski definition) is 8. The number of nitrogens with zero attached hydrogens (tertiary/aromatic N) is 3. The van der Waals surface area contributed by atoms with Gasteiger partial charge in [-0.05, 0) is 50.3 Å². The molecule has 9 nitrogen and oxygen atoms in total. The molecule has 0 unspecified atom stereocenters. The SMILES string of the molecule is CC(C)(C)C(=O)OCn1cc(CC[C@@H]2O[C@H](COCc3ccccc3)[C@@H](OCc3ccccc3)[C@H]2OCc2ccccc2)nn1. The van der Waals surface area contributed by atoms with Crippen molar-refractivity contribution < 1.29 is 28.5 Å². The van der Waals surface area contributed by atoms with Gasteiger partial charge in [0.1, 0.15) is 18.3 Å². The number of benzene rings is 3. The maximum Gasteiger partial charge on any atom is 0.313 e. The molecule has 1 aromatic heterocycles. The highest BCUT2D eigenvalue weighted by molar-refractivity contribution is 5.75. The maximum atomic E-state index is 12.2. The number of aryl methyl sites for hydroxylation is 1. The summed E-state index contributed by atoms with van der Waals surface area (Å²) in [5, 5.41) is 8.45. The summed E-state index contributed by atoms with van der Waals surface area (Å²) in [5.41, 5.74) is 3.45. The summed E-state index contributed by atoms with van der Waals surface area (Å²) in [6.07, 6.45) is 1.78. The molecule has 4 aromatic rings. The summed E-state index contributed by atoms with van der Waals surface area (Å²) >= 11 is 0. The largest absolute Gasteiger partial charge is 0.442 e. The standard InChI is InChI=1S/C36H43N3O6/c1-36(2,3)35(40)44-26-39-21-30(37-38-39)19-20-31-33(42-23-28-15-9-5-10-16-28)34(43-24-29-17-11-6-12-18-29)32(45-31)25-41-22-27-13-7-4-8-14-27/h4-18,21,31-34H,19-20,22-26H2,1-3H3/t31-,32+,33-,34+/m0/s1. The van der Waals surface area contributed by atoms with Gasteiger partial charge in [0.2, 0.25) is 0 Å². The van der Waals surface area contributed by atoms with Crippen LogP contribution in [0.5, 0.6) is 0 Å². The van der Waals surface area contributed by atoms with Crippen LogP contribution in [-0.4, -0.2) is 52.0 Å². The lowest BCUT2D eigenvalue weighted by Crippen LogP contribution is -2.39. The van der Waals surface area contributed by atoms with Gasteiger partial charge in [0, 0.05) is 0 Å². The van der Waals surface area contributed by atoms with Crippen LogP contribution in [0.2, 0.25) is 0 Å². The molecule has 0 bridgehead atoms. The zero-order valence-corrected chi connectivity index (χ0v) is 26.3. The van der Waals surface area contributed by atoms with Crippen LogP contribution >= 0.6 is 0 Å². The zero-order valence-electron chi connectivity index (χ0n) is 26.3. The molecule has 0 N–H and O–H groups in total. The third kappa shape index (κ3) is 9.80. The van der Waals surface area contributed by atoms with Crippen LogP contribution in [0, 0.1) is 5.41 Å². The molecule has 5 rings (SSSR count). The van der Waals surface area contributed by atoms with Crippen LogP contribution in [0.25, 0.3) is 0 Å². The van der Waals surface area contributed by atoms with E-state index in [2.05, 4.69) is 34.6 Å². The van der Waals surface area contributed by atoms with E-state index in [4.69, 9.17) is 23.7 Å². The molecule has 0 spiro atoms. The zero-order chi connectivity index (χ0) is 31.5. The van der Waals surface area contributed by atoms with Crippen molar-refractivity contribution in [2.75, 3.05) is 6.61 Å². The second-order valence-electron chi connectivity index (χ2n) is 12.3. The van der Waals surface area contributed by atoms with E-state index < -0.39 is 5.41 Å². The summed E-state index contributed by atoms with van der Waals surface area (Å²) in [4.78, 5) is 12.2. The summed E-state index contributed by atoms with van der Waals surface area (Å²) < 4.78 is 32.9. The molecule has 0 aliphatic carbocycles. The van der Waals surface area contributed by atoms with Gasteiger partial charge in [-0.1, -0.05) is 96.2 Å². The molecule has 238 valence electrons. The molecule has 0 radical (unpaired) electrons. The number of hydrogen-bond donors (Lipinski definition) is 0. The van der Waals surface area contributed by atoms with Gasteiger partial charge in [-0.2, -0.15) is 0 Å². The molecule has 2 heterocycles. The molecule has 0 amide bonds. The third-order valence-electron chi connectivity index (χ3n) is 7.58. The highest BCUT2D eigenvalue weighted by atomic mass is 16.6. The molecule has 1 aliphatic rings. The lowest BCUT2D eigenvalue weighted by Gasteiger charge is -2.25. The minimum atomic E-state index is -0.585. The van der Waals surface area contributed by atoms with Gasteiger partial charge in [-0.3, -0.25) is 4.79 Å². The Bertz CT molecular complexity index is 1440. The molecule has 3 aromatic carbocycles. The number of ether oxygens (including phenoxy) is 5.